The molecule has 0 bridgehead atoms. The van der Waals surface area contributed by atoms with Gasteiger partial charge < -0.3 is 14.6 Å². The van der Waals surface area contributed by atoms with E-state index in [-0.39, 0.29) is 6.10 Å². The predicted octanol–water partition coefficient (Wildman–Crippen LogP) is 3.64. The molecule has 0 aromatic heterocycles. The summed E-state index contributed by atoms with van der Waals surface area (Å²) in [5.74, 6) is 1.65. The summed E-state index contributed by atoms with van der Waals surface area (Å²) < 4.78 is 11.0. The fraction of sp³-hybridized carbons (Fsp3) is 0.333. The molecule has 0 radical (unpaired) electrons. The van der Waals surface area contributed by atoms with Gasteiger partial charge in [0.15, 0.2) is 0 Å². The Bertz CT molecular complexity index is 604. The van der Waals surface area contributed by atoms with E-state index in [2.05, 4.69) is 6.07 Å². The Hall–Kier alpha value is -2.00. The zero-order chi connectivity index (χ0) is 14.7. The summed E-state index contributed by atoms with van der Waals surface area (Å²) in [6.07, 6.45) is 2.60. The number of aryl methyl sites for hydroxylation is 1. The fourth-order valence-electron chi connectivity index (χ4n) is 2.73. The zero-order valence-electron chi connectivity index (χ0n) is 12.2. The van der Waals surface area contributed by atoms with Crippen molar-refractivity contribution < 1.29 is 14.6 Å². The summed E-state index contributed by atoms with van der Waals surface area (Å²) in [5.41, 5.74) is 3.35. The highest BCUT2D eigenvalue weighted by molar-refractivity contribution is 5.38. The van der Waals surface area contributed by atoms with Gasteiger partial charge in [-0.25, -0.2) is 0 Å². The molecule has 0 unspecified atom stereocenters. The van der Waals surface area contributed by atoms with Crippen LogP contribution in [0, 0.1) is 0 Å². The number of hydrogen-bond donors (Lipinski definition) is 1. The van der Waals surface area contributed by atoms with Gasteiger partial charge in [-0.2, -0.15) is 0 Å². The van der Waals surface area contributed by atoms with Crippen LogP contribution >= 0.6 is 0 Å². The molecule has 21 heavy (non-hydrogen) atoms. The van der Waals surface area contributed by atoms with Crippen molar-refractivity contribution in [3.63, 3.8) is 0 Å². The number of hydrogen-bond acceptors (Lipinski definition) is 3. The van der Waals surface area contributed by atoms with E-state index >= 15 is 0 Å². The normalized spacial score (nSPS) is 17.1. The van der Waals surface area contributed by atoms with Crippen molar-refractivity contribution in [2.24, 2.45) is 0 Å². The standard InChI is InChI=1S/C18H20O3/c1-20-15-8-5-13(6-9-15)12-21-16-10-7-14-3-2-4-18(19)17(14)11-16/h5-11,18-19H,2-4,12H2,1H3/t18-/m0/s1. The van der Waals surface area contributed by atoms with Crippen LogP contribution in [0.4, 0.5) is 0 Å². The molecule has 3 heteroatoms. The Morgan fingerprint density at radius 1 is 1.10 bits per heavy atom. The molecule has 0 fully saturated rings. The molecular weight excluding hydrogens is 264 g/mol. The van der Waals surface area contributed by atoms with Crippen LogP contribution in [0.25, 0.3) is 0 Å². The van der Waals surface area contributed by atoms with E-state index < -0.39 is 0 Å². The van der Waals surface area contributed by atoms with Crippen LogP contribution in [-0.2, 0) is 13.0 Å². The van der Waals surface area contributed by atoms with Gasteiger partial charge in [0.2, 0.25) is 0 Å². The van der Waals surface area contributed by atoms with Gasteiger partial charge in [0, 0.05) is 0 Å². The van der Waals surface area contributed by atoms with Gasteiger partial charge >= 0.3 is 0 Å². The highest BCUT2D eigenvalue weighted by atomic mass is 16.5. The third kappa shape index (κ3) is 3.19. The molecule has 1 N–H and O–H groups in total. The molecule has 0 spiro atoms. The Balaban J connectivity index is 1.68. The van der Waals surface area contributed by atoms with Crippen LogP contribution in [0.15, 0.2) is 42.5 Å². The van der Waals surface area contributed by atoms with E-state index in [4.69, 9.17) is 9.47 Å². The number of aliphatic hydroxyl groups is 1. The number of benzene rings is 2. The molecule has 0 saturated carbocycles. The monoisotopic (exact) mass is 284 g/mol. The maximum Gasteiger partial charge on any atom is 0.120 e. The summed E-state index contributed by atoms with van der Waals surface area (Å²) in [4.78, 5) is 0. The SMILES string of the molecule is COc1ccc(COc2ccc3c(c2)[C@@H](O)CCC3)cc1. The molecule has 3 nitrogen and oxygen atoms in total. The minimum absolute atomic E-state index is 0.349. The van der Waals surface area contributed by atoms with Crippen molar-refractivity contribution in [3.8, 4) is 11.5 Å². The Morgan fingerprint density at radius 2 is 1.86 bits per heavy atom. The smallest absolute Gasteiger partial charge is 0.120 e. The van der Waals surface area contributed by atoms with Crippen LogP contribution in [0.1, 0.15) is 35.6 Å². The van der Waals surface area contributed by atoms with E-state index in [0.717, 1.165) is 41.9 Å². The summed E-state index contributed by atoms with van der Waals surface area (Å²) in [5, 5.41) is 10.1. The minimum atomic E-state index is -0.349. The molecule has 110 valence electrons. The van der Waals surface area contributed by atoms with Crippen molar-refractivity contribution in [3.05, 3.63) is 59.2 Å². The Labute approximate surface area is 125 Å². The van der Waals surface area contributed by atoms with Crippen LogP contribution < -0.4 is 9.47 Å². The number of rotatable bonds is 4. The van der Waals surface area contributed by atoms with E-state index in [0.29, 0.717) is 6.61 Å². The molecule has 0 saturated heterocycles. The molecule has 0 heterocycles. The van der Waals surface area contributed by atoms with Crippen molar-refractivity contribution in [2.75, 3.05) is 7.11 Å². The molecule has 1 aliphatic rings. The second kappa shape index (κ2) is 6.19. The molecule has 1 atom stereocenters. The molecule has 2 aromatic carbocycles. The Morgan fingerprint density at radius 3 is 2.62 bits per heavy atom. The van der Waals surface area contributed by atoms with Crippen molar-refractivity contribution in [1.29, 1.82) is 0 Å². The van der Waals surface area contributed by atoms with E-state index in [9.17, 15) is 5.11 Å². The number of fused-ring (bicyclic) bond motifs is 1. The average molecular weight is 284 g/mol. The van der Waals surface area contributed by atoms with E-state index in [1.807, 2.05) is 36.4 Å². The molecule has 1 aliphatic carbocycles. The number of methoxy groups -OCH3 is 1. The lowest BCUT2D eigenvalue weighted by molar-refractivity contribution is 0.156. The number of aliphatic hydroxyl groups excluding tert-OH is 1. The highest BCUT2D eigenvalue weighted by Gasteiger charge is 2.18. The minimum Gasteiger partial charge on any atom is -0.497 e. The van der Waals surface area contributed by atoms with Crippen molar-refractivity contribution in [1.82, 2.24) is 0 Å². The summed E-state index contributed by atoms with van der Waals surface area (Å²) >= 11 is 0. The summed E-state index contributed by atoms with van der Waals surface area (Å²) in [7, 11) is 1.66. The lowest BCUT2D eigenvalue weighted by Gasteiger charge is -2.22. The Kier molecular flexibility index (Phi) is 4.11. The van der Waals surface area contributed by atoms with Crippen LogP contribution in [0.5, 0.6) is 11.5 Å². The van der Waals surface area contributed by atoms with Gasteiger partial charge in [0.25, 0.3) is 0 Å². The van der Waals surface area contributed by atoms with Gasteiger partial charge in [-0.3, -0.25) is 0 Å². The van der Waals surface area contributed by atoms with Gasteiger partial charge in [0.1, 0.15) is 18.1 Å². The maximum absolute atomic E-state index is 10.1. The zero-order valence-corrected chi connectivity index (χ0v) is 12.2. The van der Waals surface area contributed by atoms with Gasteiger partial charge in [0.05, 0.1) is 13.2 Å². The summed E-state index contributed by atoms with van der Waals surface area (Å²) in [6, 6.07) is 13.9. The third-order valence-corrected chi connectivity index (χ3v) is 3.96. The topological polar surface area (TPSA) is 38.7 Å². The third-order valence-electron chi connectivity index (χ3n) is 3.96. The first kappa shape index (κ1) is 14.0. The van der Waals surface area contributed by atoms with Crippen molar-refractivity contribution in [2.45, 2.75) is 32.0 Å². The predicted molar refractivity (Wildman–Crippen MR) is 81.7 cm³/mol. The van der Waals surface area contributed by atoms with E-state index in [1.165, 1.54) is 5.56 Å². The second-order valence-electron chi connectivity index (χ2n) is 5.41. The quantitative estimate of drug-likeness (QED) is 0.931. The maximum atomic E-state index is 10.1. The second-order valence-corrected chi connectivity index (χ2v) is 5.41. The van der Waals surface area contributed by atoms with Gasteiger partial charge in [-0.05, 0) is 60.2 Å². The fourth-order valence-corrected chi connectivity index (χ4v) is 2.73. The molecule has 2 aromatic rings. The van der Waals surface area contributed by atoms with Gasteiger partial charge in [-0.1, -0.05) is 18.2 Å². The first-order chi connectivity index (χ1) is 10.3. The lowest BCUT2D eigenvalue weighted by Crippen LogP contribution is -2.09. The number of ether oxygens (including phenoxy) is 2. The van der Waals surface area contributed by atoms with Crippen molar-refractivity contribution >= 4 is 0 Å². The molecule has 3 rings (SSSR count). The first-order valence-electron chi connectivity index (χ1n) is 7.33. The summed E-state index contributed by atoms with van der Waals surface area (Å²) in [6.45, 7) is 0.513. The van der Waals surface area contributed by atoms with Crippen LogP contribution in [0.3, 0.4) is 0 Å². The molecular formula is C18H20O3. The average Bonchev–Trinajstić information content (AvgIpc) is 2.54. The molecule has 0 aliphatic heterocycles. The van der Waals surface area contributed by atoms with Crippen LogP contribution in [0.2, 0.25) is 0 Å². The van der Waals surface area contributed by atoms with Crippen LogP contribution in [-0.4, -0.2) is 12.2 Å². The van der Waals surface area contributed by atoms with Gasteiger partial charge in [-0.15, -0.1) is 0 Å². The lowest BCUT2D eigenvalue weighted by atomic mass is 9.89. The largest absolute Gasteiger partial charge is 0.497 e. The molecule has 0 amide bonds. The first-order valence-corrected chi connectivity index (χ1v) is 7.33. The highest BCUT2D eigenvalue weighted by Crippen LogP contribution is 2.32. The van der Waals surface area contributed by atoms with E-state index in [1.54, 1.807) is 7.11 Å².